The first-order valence-corrected chi connectivity index (χ1v) is 8.65. The summed E-state index contributed by atoms with van der Waals surface area (Å²) >= 11 is 1.32. The predicted octanol–water partition coefficient (Wildman–Crippen LogP) is 3.42. The second kappa shape index (κ2) is 7.28. The number of nitrogens with zero attached hydrogens (tertiary/aromatic N) is 4. The maximum Gasteiger partial charge on any atom is 0.238 e. The average molecular weight is 367 g/mol. The molecular weight excluding hydrogens is 354 g/mol. The van der Waals surface area contributed by atoms with Crippen LogP contribution in [0.4, 0.5) is 5.13 Å². The number of hydrogen-bond acceptors (Lipinski definition) is 8. The Balaban J connectivity index is 1.33. The molecule has 1 N–H and O–H groups in total. The molecule has 0 atom stereocenters. The van der Waals surface area contributed by atoms with E-state index in [0.717, 1.165) is 10.6 Å². The number of rotatable bonds is 6. The molecule has 9 heteroatoms. The Bertz CT molecular complexity index is 995. The molecule has 0 fully saturated rings. The maximum atomic E-state index is 12.1. The Hall–Kier alpha value is -3.33. The second-order valence-electron chi connectivity index (χ2n) is 5.32. The van der Waals surface area contributed by atoms with Crippen LogP contribution in [-0.4, -0.2) is 26.2 Å². The van der Waals surface area contributed by atoms with Crippen molar-refractivity contribution in [3.8, 4) is 22.2 Å². The number of benzene rings is 1. The van der Waals surface area contributed by atoms with Crippen molar-refractivity contribution in [1.82, 2.24) is 20.3 Å². The normalized spacial score (nSPS) is 10.8. The Morgan fingerprint density at radius 3 is 2.81 bits per heavy atom. The number of aryl methyl sites for hydroxylation is 1. The first kappa shape index (κ1) is 16.2. The number of carbonyl (C=O) groups excluding carboxylic acids is 1. The molecule has 0 spiro atoms. The van der Waals surface area contributed by atoms with E-state index in [1.807, 2.05) is 30.3 Å². The fourth-order valence-electron chi connectivity index (χ4n) is 2.24. The standard InChI is InChI=1S/C17H13N5O3S/c23-13(8-9-14-19-15(22-25-14)12-7-4-10-24-12)18-17-21-20-16(26-17)11-5-2-1-3-6-11/h1-7,10H,8-9H2,(H,18,21,23). The van der Waals surface area contributed by atoms with Crippen LogP contribution in [0.5, 0.6) is 0 Å². The summed E-state index contributed by atoms with van der Waals surface area (Å²) in [5.74, 6) is 1.06. The maximum absolute atomic E-state index is 12.1. The van der Waals surface area contributed by atoms with Crippen molar-refractivity contribution in [3.05, 3.63) is 54.6 Å². The number of hydrogen-bond donors (Lipinski definition) is 1. The van der Waals surface area contributed by atoms with Gasteiger partial charge in [0.2, 0.25) is 22.8 Å². The second-order valence-corrected chi connectivity index (χ2v) is 6.29. The van der Waals surface area contributed by atoms with Gasteiger partial charge in [0.25, 0.3) is 0 Å². The third-order valence-corrected chi connectivity index (χ3v) is 4.36. The van der Waals surface area contributed by atoms with Gasteiger partial charge in [0.1, 0.15) is 5.01 Å². The SMILES string of the molecule is O=C(CCc1nc(-c2ccco2)no1)Nc1nnc(-c2ccccc2)s1. The molecule has 3 heterocycles. The zero-order chi connectivity index (χ0) is 17.8. The lowest BCUT2D eigenvalue weighted by Gasteiger charge is -1.98. The molecule has 0 radical (unpaired) electrons. The third-order valence-electron chi connectivity index (χ3n) is 3.47. The van der Waals surface area contributed by atoms with Crippen molar-refractivity contribution >= 4 is 22.4 Å². The third kappa shape index (κ3) is 3.67. The molecule has 8 nitrogen and oxygen atoms in total. The van der Waals surface area contributed by atoms with Crippen LogP contribution in [0, 0.1) is 0 Å². The van der Waals surface area contributed by atoms with Gasteiger partial charge in [0.15, 0.2) is 5.76 Å². The fourth-order valence-corrected chi connectivity index (χ4v) is 3.00. The minimum absolute atomic E-state index is 0.194. The topological polar surface area (TPSA) is 107 Å². The van der Waals surface area contributed by atoms with E-state index in [2.05, 4.69) is 25.7 Å². The lowest BCUT2D eigenvalue weighted by atomic mass is 10.2. The highest BCUT2D eigenvalue weighted by molar-refractivity contribution is 7.18. The van der Waals surface area contributed by atoms with E-state index in [4.69, 9.17) is 8.94 Å². The van der Waals surface area contributed by atoms with Crippen molar-refractivity contribution in [3.63, 3.8) is 0 Å². The summed E-state index contributed by atoms with van der Waals surface area (Å²) in [4.78, 5) is 16.3. The summed E-state index contributed by atoms with van der Waals surface area (Å²) in [7, 11) is 0. The minimum atomic E-state index is -0.196. The molecule has 0 aliphatic carbocycles. The van der Waals surface area contributed by atoms with E-state index in [9.17, 15) is 4.79 Å². The van der Waals surface area contributed by atoms with E-state index in [1.165, 1.54) is 17.6 Å². The number of anilines is 1. The van der Waals surface area contributed by atoms with Gasteiger partial charge in [-0.25, -0.2) is 0 Å². The molecule has 0 aliphatic heterocycles. The van der Waals surface area contributed by atoms with E-state index < -0.39 is 0 Å². The lowest BCUT2D eigenvalue weighted by Crippen LogP contribution is -2.12. The zero-order valence-corrected chi connectivity index (χ0v) is 14.3. The highest BCUT2D eigenvalue weighted by Crippen LogP contribution is 2.26. The van der Waals surface area contributed by atoms with Gasteiger partial charge in [-0.05, 0) is 12.1 Å². The molecule has 3 aromatic heterocycles. The first-order chi connectivity index (χ1) is 12.8. The van der Waals surface area contributed by atoms with Crippen LogP contribution in [0.3, 0.4) is 0 Å². The molecule has 130 valence electrons. The molecule has 0 saturated heterocycles. The molecule has 1 amide bonds. The van der Waals surface area contributed by atoms with Gasteiger partial charge in [-0.15, -0.1) is 10.2 Å². The van der Waals surface area contributed by atoms with Crippen molar-refractivity contribution < 1.29 is 13.7 Å². The monoisotopic (exact) mass is 367 g/mol. The van der Waals surface area contributed by atoms with Crippen LogP contribution in [0.2, 0.25) is 0 Å². The quantitative estimate of drug-likeness (QED) is 0.556. The molecule has 0 aliphatic rings. The van der Waals surface area contributed by atoms with Crippen LogP contribution in [-0.2, 0) is 11.2 Å². The van der Waals surface area contributed by atoms with Crippen LogP contribution in [0.1, 0.15) is 12.3 Å². The highest BCUT2D eigenvalue weighted by atomic mass is 32.1. The number of furan rings is 1. The summed E-state index contributed by atoms with van der Waals surface area (Å²) in [6.07, 6.45) is 2.05. The smallest absolute Gasteiger partial charge is 0.238 e. The number of carbonyl (C=O) groups is 1. The Morgan fingerprint density at radius 1 is 1.12 bits per heavy atom. The van der Waals surface area contributed by atoms with Crippen LogP contribution < -0.4 is 5.32 Å². The molecule has 0 unspecified atom stereocenters. The summed E-state index contributed by atoms with van der Waals surface area (Å²) in [6.45, 7) is 0. The first-order valence-electron chi connectivity index (χ1n) is 7.83. The predicted molar refractivity (Wildman–Crippen MR) is 94.3 cm³/mol. The summed E-state index contributed by atoms with van der Waals surface area (Å²) in [6, 6.07) is 13.1. The average Bonchev–Trinajstić information content (AvgIpc) is 3.41. The summed E-state index contributed by atoms with van der Waals surface area (Å²) in [5, 5.41) is 15.9. The van der Waals surface area contributed by atoms with Crippen LogP contribution in [0.25, 0.3) is 22.2 Å². The number of amides is 1. The summed E-state index contributed by atoms with van der Waals surface area (Å²) < 4.78 is 10.3. The van der Waals surface area contributed by atoms with Gasteiger partial charge in [-0.2, -0.15) is 4.98 Å². The zero-order valence-electron chi connectivity index (χ0n) is 13.5. The molecule has 0 bridgehead atoms. The van der Waals surface area contributed by atoms with Gasteiger partial charge in [0.05, 0.1) is 6.26 Å². The molecule has 4 rings (SSSR count). The van der Waals surface area contributed by atoms with Crippen molar-refractivity contribution in [2.75, 3.05) is 5.32 Å². The van der Waals surface area contributed by atoms with E-state index in [-0.39, 0.29) is 12.3 Å². The van der Waals surface area contributed by atoms with Gasteiger partial charge in [-0.3, -0.25) is 4.79 Å². The summed E-state index contributed by atoms with van der Waals surface area (Å²) in [5.41, 5.74) is 0.960. The Labute approximate surface area is 151 Å². The van der Waals surface area contributed by atoms with Crippen molar-refractivity contribution in [2.45, 2.75) is 12.8 Å². The highest BCUT2D eigenvalue weighted by Gasteiger charge is 2.14. The molecular formula is C17H13N5O3S. The fraction of sp³-hybridized carbons (Fsp3) is 0.118. The Kier molecular flexibility index (Phi) is 4.52. The van der Waals surface area contributed by atoms with Gasteiger partial charge >= 0.3 is 0 Å². The largest absolute Gasteiger partial charge is 0.461 e. The molecule has 4 aromatic rings. The van der Waals surface area contributed by atoms with E-state index in [1.54, 1.807) is 12.1 Å². The van der Waals surface area contributed by atoms with Crippen LogP contribution >= 0.6 is 11.3 Å². The van der Waals surface area contributed by atoms with E-state index in [0.29, 0.717) is 29.0 Å². The minimum Gasteiger partial charge on any atom is -0.461 e. The van der Waals surface area contributed by atoms with Crippen molar-refractivity contribution in [1.29, 1.82) is 0 Å². The Morgan fingerprint density at radius 2 is 2.00 bits per heavy atom. The van der Waals surface area contributed by atoms with Crippen molar-refractivity contribution in [2.24, 2.45) is 0 Å². The molecule has 0 saturated carbocycles. The lowest BCUT2D eigenvalue weighted by molar-refractivity contribution is -0.116. The number of nitrogens with one attached hydrogen (secondary N) is 1. The molecule has 1 aromatic carbocycles. The van der Waals surface area contributed by atoms with Crippen LogP contribution in [0.15, 0.2) is 57.7 Å². The molecule has 26 heavy (non-hydrogen) atoms. The van der Waals surface area contributed by atoms with Gasteiger partial charge < -0.3 is 14.3 Å². The number of aromatic nitrogens is 4. The van der Waals surface area contributed by atoms with Gasteiger partial charge in [-0.1, -0.05) is 46.8 Å². The van der Waals surface area contributed by atoms with E-state index >= 15 is 0 Å². The van der Waals surface area contributed by atoms with Gasteiger partial charge in [0, 0.05) is 18.4 Å².